The molecule has 1 atom stereocenters. The van der Waals surface area contributed by atoms with Gasteiger partial charge in [0.2, 0.25) is 0 Å². The fourth-order valence-corrected chi connectivity index (χ4v) is 1.42. The van der Waals surface area contributed by atoms with Crippen LogP contribution >= 0.6 is 0 Å². The molecule has 0 aliphatic carbocycles. The minimum Gasteiger partial charge on any atom is -0.494 e. The predicted octanol–water partition coefficient (Wildman–Crippen LogP) is 2.76. The van der Waals surface area contributed by atoms with E-state index in [0.29, 0.717) is 0 Å². The number of nitrogens with two attached hydrogens (primary N) is 1. The van der Waals surface area contributed by atoms with E-state index >= 15 is 0 Å². The molecule has 2 nitrogen and oxygen atoms in total. The van der Waals surface area contributed by atoms with Gasteiger partial charge in [0.05, 0.1) is 6.61 Å². The molecule has 0 aromatic heterocycles. The first kappa shape index (κ1) is 12.1. The molecule has 0 fully saturated rings. The van der Waals surface area contributed by atoms with Crippen molar-refractivity contribution in [1.29, 1.82) is 0 Å². The number of aryl methyl sites for hydroxylation is 1. The van der Waals surface area contributed by atoms with E-state index < -0.39 is 0 Å². The molecule has 1 aromatic rings. The minimum atomic E-state index is 0.274. The molecule has 0 amide bonds. The van der Waals surface area contributed by atoms with Crippen LogP contribution in [0, 0.1) is 0 Å². The summed E-state index contributed by atoms with van der Waals surface area (Å²) in [5, 5.41) is 0. The summed E-state index contributed by atoms with van der Waals surface area (Å²) in [6, 6.07) is 8.56. The minimum absolute atomic E-state index is 0.274. The lowest BCUT2D eigenvalue weighted by Crippen LogP contribution is -2.15. The Morgan fingerprint density at radius 3 is 2.47 bits per heavy atom. The van der Waals surface area contributed by atoms with Crippen molar-refractivity contribution in [3.05, 3.63) is 29.8 Å². The van der Waals surface area contributed by atoms with Gasteiger partial charge in [-0.25, -0.2) is 0 Å². The summed E-state index contributed by atoms with van der Waals surface area (Å²) in [4.78, 5) is 0. The van der Waals surface area contributed by atoms with Crippen LogP contribution in [0.4, 0.5) is 0 Å². The third kappa shape index (κ3) is 4.84. The van der Waals surface area contributed by atoms with Crippen molar-refractivity contribution >= 4 is 0 Å². The Balaban J connectivity index is 2.25. The maximum Gasteiger partial charge on any atom is 0.119 e. The fourth-order valence-electron chi connectivity index (χ4n) is 1.42. The van der Waals surface area contributed by atoms with Crippen molar-refractivity contribution in [2.45, 2.75) is 39.2 Å². The quantitative estimate of drug-likeness (QED) is 0.728. The Morgan fingerprint density at radius 2 is 1.93 bits per heavy atom. The summed E-state index contributed by atoms with van der Waals surface area (Å²) < 4.78 is 5.60. The number of hydrogen-bond acceptors (Lipinski definition) is 2. The van der Waals surface area contributed by atoms with Crippen molar-refractivity contribution in [3.8, 4) is 5.75 Å². The third-order valence-electron chi connectivity index (χ3n) is 2.40. The first-order valence-electron chi connectivity index (χ1n) is 5.69. The predicted molar refractivity (Wildman–Crippen MR) is 64.2 cm³/mol. The van der Waals surface area contributed by atoms with Crippen LogP contribution in [0.15, 0.2) is 24.3 Å². The largest absolute Gasteiger partial charge is 0.494 e. The second kappa shape index (κ2) is 6.46. The molecule has 1 unspecified atom stereocenters. The maximum atomic E-state index is 5.65. The lowest BCUT2D eigenvalue weighted by Gasteiger charge is -2.08. The average Bonchev–Trinajstić information content (AvgIpc) is 2.25. The molecule has 0 aliphatic heterocycles. The molecule has 0 bridgehead atoms. The van der Waals surface area contributed by atoms with E-state index in [4.69, 9.17) is 10.5 Å². The van der Waals surface area contributed by atoms with Crippen LogP contribution in [-0.4, -0.2) is 12.6 Å². The highest BCUT2D eigenvalue weighted by Crippen LogP contribution is 2.12. The van der Waals surface area contributed by atoms with E-state index in [0.717, 1.165) is 31.6 Å². The smallest absolute Gasteiger partial charge is 0.119 e. The number of rotatable bonds is 6. The Bertz CT molecular complexity index is 266. The van der Waals surface area contributed by atoms with E-state index in [1.165, 1.54) is 5.56 Å². The van der Waals surface area contributed by atoms with Crippen LogP contribution in [0.3, 0.4) is 0 Å². The summed E-state index contributed by atoms with van der Waals surface area (Å²) in [7, 11) is 0. The average molecular weight is 207 g/mol. The van der Waals surface area contributed by atoms with E-state index in [9.17, 15) is 0 Å². The van der Waals surface area contributed by atoms with E-state index in [1.807, 2.05) is 19.1 Å². The highest BCUT2D eigenvalue weighted by Gasteiger charge is 1.96. The van der Waals surface area contributed by atoms with Crippen LogP contribution in [0.1, 0.15) is 32.3 Å². The van der Waals surface area contributed by atoms with Crippen molar-refractivity contribution in [2.24, 2.45) is 5.73 Å². The zero-order chi connectivity index (χ0) is 11.1. The fraction of sp³-hybridized carbons (Fsp3) is 0.538. The van der Waals surface area contributed by atoms with Gasteiger partial charge in [0.1, 0.15) is 5.75 Å². The summed E-state index contributed by atoms with van der Waals surface area (Å²) in [5.41, 5.74) is 7.00. The lowest BCUT2D eigenvalue weighted by atomic mass is 10.2. The Labute approximate surface area is 92.4 Å². The van der Waals surface area contributed by atoms with Crippen LogP contribution in [0.25, 0.3) is 0 Å². The van der Waals surface area contributed by atoms with Gasteiger partial charge in [-0.3, -0.25) is 0 Å². The summed E-state index contributed by atoms with van der Waals surface area (Å²) in [6.07, 6.45) is 3.12. The van der Waals surface area contributed by atoms with Gasteiger partial charge >= 0.3 is 0 Å². The molecule has 1 rings (SSSR count). The van der Waals surface area contributed by atoms with Gasteiger partial charge in [-0.1, -0.05) is 19.1 Å². The van der Waals surface area contributed by atoms with Gasteiger partial charge in [-0.15, -0.1) is 0 Å². The molecular weight excluding hydrogens is 186 g/mol. The van der Waals surface area contributed by atoms with Gasteiger partial charge in [0, 0.05) is 6.04 Å². The Kier molecular flexibility index (Phi) is 5.19. The van der Waals surface area contributed by atoms with Crippen molar-refractivity contribution in [2.75, 3.05) is 6.61 Å². The zero-order valence-corrected chi connectivity index (χ0v) is 9.70. The number of hydrogen-bond donors (Lipinski definition) is 1. The molecule has 84 valence electrons. The SMILES string of the molecule is CCc1ccc(OCCCC(C)N)cc1. The Hall–Kier alpha value is -1.02. The second-order valence-electron chi connectivity index (χ2n) is 3.97. The monoisotopic (exact) mass is 207 g/mol. The van der Waals surface area contributed by atoms with E-state index in [-0.39, 0.29) is 6.04 Å². The molecule has 0 radical (unpaired) electrons. The molecule has 1 aromatic carbocycles. The van der Waals surface area contributed by atoms with E-state index in [2.05, 4.69) is 19.1 Å². The standard InChI is InChI=1S/C13H21NO/c1-3-12-6-8-13(9-7-12)15-10-4-5-11(2)14/h6-9,11H,3-5,10,14H2,1-2H3. The third-order valence-corrected chi connectivity index (χ3v) is 2.40. The lowest BCUT2D eigenvalue weighted by molar-refractivity contribution is 0.303. The molecule has 0 aliphatic rings. The van der Waals surface area contributed by atoms with E-state index in [1.54, 1.807) is 0 Å². The number of ether oxygens (including phenoxy) is 1. The van der Waals surface area contributed by atoms with Crippen LogP contribution < -0.4 is 10.5 Å². The highest BCUT2D eigenvalue weighted by molar-refractivity contribution is 5.27. The summed E-state index contributed by atoms with van der Waals surface area (Å²) in [5.74, 6) is 0.955. The molecule has 0 saturated heterocycles. The topological polar surface area (TPSA) is 35.2 Å². The summed E-state index contributed by atoms with van der Waals surface area (Å²) in [6.45, 7) is 4.93. The molecule has 0 spiro atoms. The summed E-state index contributed by atoms with van der Waals surface area (Å²) >= 11 is 0. The normalized spacial score (nSPS) is 12.5. The molecular formula is C13H21NO. The van der Waals surface area contributed by atoms with Crippen molar-refractivity contribution in [1.82, 2.24) is 0 Å². The van der Waals surface area contributed by atoms with Gasteiger partial charge in [0.15, 0.2) is 0 Å². The number of benzene rings is 1. The first-order valence-corrected chi connectivity index (χ1v) is 5.69. The molecule has 15 heavy (non-hydrogen) atoms. The molecule has 0 heterocycles. The van der Waals surface area contributed by atoms with Crippen LogP contribution in [0.5, 0.6) is 5.75 Å². The molecule has 2 heteroatoms. The Morgan fingerprint density at radius 1 is 1.27 bits per heavy atom. The van der Waals surface area contributed by atoms with Gasteiger partial charge in [-0.2, -0.15) is 0 Å². The van der Waals surface area contributed by atoms with Crippen molar-refractivity contribution in [3.63, 3.8) is 0 Å². The van der Waals surface area contributed by atoms with Crippen molar-refractivity contribution < 1.29 is 4.74 Å². The van der Waals surface area contributed by atoms with Gasteiger partial charge in [-0.05, 0) is 43.9 Å². The molecule has 0 saturated carbocycles. The van der Waals surface area contributed by atoms with Crippen LogP contribution in [-0.2, 0) is 6.42 Å². The zero-order valence-electron chi connectivity index (χ0n) is 9.70. The maximum absolute atomic E-state index is 5.65. The highest BCUT2D eigenvalue weighted by atomic mass is 16.5. The van der Waals surface area contributed by atoms with Gasteiger partial charge in [0.25, 0.3) is 0 Å². The van der Waals surface area contributed by atoms with Crippen LogP contribution in [0.2, 0.25) is 0 Å². The molecule has 2 N–H and O–H groups in total. The first-order chi connectivity index (χ1) is 7.22. The van der Waals surface area contributed by atoms with Gasteiger partial charge < -0.3 is 10.5 Å². The second-order valence-corrected chi connectivity index (χ2v) is 3.97.